The van der Waals surface area contributed by atoms with E-state index in [-0.39, 0.29) is 18.2 Å². The van der Waals surface area contributed by atoms with Gasteiger partial charge >= 0.3 is 5.97 Å². The molecule has 1 amide bonds. The number of carboxylic acids is 1. The third kappa shape index (κ3) is 3.59. The van der Waals surface area contributed by atoms with E-state index in [2.05, 4.69) is 0 Å². The van der Waals surface area contributed by atoms with Crippen molar-refractivity contribution < 1.29 is 19.4 Å². The maximum absolute atomic E-state index is 12.6. The smallest absolute Gasteiger partial charge is 0.303 e. The summed E-state index contributed by atoms with van der Waals surface area (Å²) in [6.45, 7) is 5.12. The molecule has 0 spiro atoms. The Labute approximate surface area is 130 Å². The summed E-state index contributed by atoms with van der Waals surface area (Å²) in [6.07, 6.45) is 1.71. The van der Waals surface area contributed by atoms with Crippen LogP contribution in [-0.4, -0.2) is 42.1 Å². The lowest BCUT2D eigenvalue weighted by Gasteiger charge is -2.31. The maximum atomic E-state index is 12.6. The van der Waals surface area contributed by atoms with Gasteiger partial charge in [-0.3, -0.25) is 9.59 Å². The van der Waals surface area contributed by atoms with Crippen LogP contribution in [0.4, 0.5) is 0 Å². The molecule has 0 unspecified atom stereocenters. The number of hydrogen-bond donors (Lipinski definition) is 1. The zero-order valence-electron chi connectivity index (χ0n) is 13.4. The minimum atomic E-state index is -0.758. The third-order valence-electron chi connectivity index (χ3n) is 4.28. The van der Waals surface area contributed by atoms with Crippen molar-refractivity contribution in [1.82, 2.24) is 4.90 Å². The number of likely N-dealkylation sites (tertiary alicyclic amines) is 1. The van der Waals surface area contributed by atoms with Crippen LogP contribution in [0, 0.1) is 19.8 Å². The summed E-state index contributed by atoms with van der Waals surface area (Å²) < 4.78 is 5.33. The van der Waals surface area contributed by atoms with E-state index in [0.29, 0.717) is 18.7 Å². The average molecular weight is 305 g/mol. The summed E-state index contributed by atoms with van der Waals surface area (Å²) in [5, 5.41) is 8.84. The number of nitrogens with zero attached hydrogens (tertiary/aromatic N) is 1. The van der Waals surface area contributed by atoms with Crippen molar-refractivity contribution in [2.75, 3.05) is 20.2 Å². The van der Waals surface area contributed by atoms with Crippen molar-refractivity contribution in [3.63, 3.8) is 0 Å². The molecule has 120 valence electrons. The van der Waals surface area contributed by atoms with Crippen LogP contribution < -0.4 is 4.74 Å². The highest BCUT2D eigenvalue weighted by Gasteiger charge is 2.25. The minimum Gasteiger partial charge on any atom is -0.496 e. The molecule has 5 heteroatoms. The first-order valence-electron chi connectivity index (χ1n) is 7.58. The van der Waals surface area contributed by atoms with Gasteiger partial charge in [0, 0.05) is 25.1 Å². The molecular formula is C17H23NO4. The van der Waals surface area contributed by atoms with E-state index >= 15 is 0 Å². The second kappa shape index (κ2) is 6.81. The normalized spacial score (nSPS) is 15.7. The van der Waals surface area contributed by atoms with Gasteiger partial charge in [-0.15, -0.1) is 0 Å². The summed E-state index contributed by atoms with van der Waals surface area (Å²) in [4.78, 5) is 25.2. The van der Waals surface area contributed by atoms with Gasteiger partial charge in [-0.05, 0) is 55.9 Å². The van der Waals surface area contributed by atoms with E-state index in [9.17, 15) is 9.59 Å². The number of carboxylic acid groups (broad SMARTS) is 1. The Morgan fingerprint density at radius 2 is 1.77 bits per heavy atom. The summed E-state index contributed by atoms with van der Waals surface area (Å²) in [5.74, 6) is 0.256. The molecule has 0 saturated carbocycles. The second-order valence-corrected chi connectivity index (χ2v) is 5.98. The summed E-state index contributed by atoms with van der Waals surface area (Å²) in [5.41, 5.74) is 2.57. The Kier molecular flexibility index (Phi) is 5.06. The van der Waals surface area contributed by atoms with E-state index in [1.54, 1.807) is 7.11 Å². The van der Waals surface area contributed by atoms with Gasteiger partial charge < -0.3 is 14.7 Å². The number of hydrogen-bond acceptors (Lipinski definition) is 3. The Morgan fingerprint density at radius 1 is 1.23 bits per heavy atom. The Balaban J connectivity index is 2.06. The summed E-state index contributed by atoms with van der Waals surface area (Å²) in [7, 11) is 1.63. The van der Waals surface area contributed by atoms with Crippen LogP contribution in [-0.2, 0) is 4.79 Å². The predicted molar refractivity (Wildman–Crippen MR) is 83.3 cm³/mol. The van der Waals surface area contributed by atoms with Crippen LogP contribution in [0.15, 0.2) is 12.1 Å². The van der Waals surface area contributed by atoms with Gasteiger partial charge in [-0.1, -0.05) is 0 Å². The lowest BCUT2D eigenvalue weighted by molar-refractivity contribution is -0.138. The lowest BCUT2D eigenvalue weighted by Crippen LogP contribution is -2.39. The number of piperidine rings is 1. The Morgan fingerprint density at radius 3 is 2.23 bits per heavy atom. The van der Waals surface area contributed by atoms with Crippen LogP contribution in [0.25, 0.3) is 0 Å². The molecule has 1 fully saturated rings. The molecule has 1 heterocycles. The molecule has 1 saturated heterocycles. The Hall–Kier alpha value is -2.04. The average Bonchev–Trinajstić information content (AvgIpc) is 2.46. The molecule has 0 radical (unpaired) electrons. The van der Waals surface area contributed by atoms with Gasteiger partial charge in [0.1, 0.15) is 5.75 Å². The van der Waals surface area contributed by atoms with Crippen molar-refractivity contribution in [3.8, 4) is 5.75 Å². The first kappa shape index (κ1) is 16.3. The second-order valence-electron chi connectivity index (χ2n) is 5.98. The van der Waals surface area contributed by atoms with Gasteiger partial charge in [-0.2, -0.15) is 0 Å². The lowest BCUT2D eigenvalue weighted by atomic mass is 9.93. The number of aryl methyl sites for hydroxylation is 2. The van der Waals surface area contributed by atoms with Crippen molar-refractivity contribution >= 4 is 11.9 Å². The van der Waals surface area contributed by atoms with Crippen molar-refractivity contribution in [2.24, 2.45) is 5.92 Å². The standard InChI is InChI=1S/C17H23NO4/c1-11-8-14(9-12(2)16(11)22-3)17(21)18-6-4-13(5-7-18)10-15(19)20/h8-9,13H,4-7,10H2,1-3H3,(H,19,20). The number of amides is 1. The molecule has 0 aliphatic carbocycles. The highest BCUT2D eigenvalue weighted by molar-refractivity contribution is 5.95. The highest BCUT2D eigenvalue weighted by Crippen LogP contribution is 2.26. The number of benzene rings is 1. The van der Waals surface area contributed by atoms with E-state index in [4.69, 9.17) is 9.84 Å². The maximum Gasteiger partial charge on any atom is 0.303 e. The number of ether oxygens (including phenoxy) is 1. The molecule has 1 aliphatic heterocycles. The van der Waals surface area contributed by atoms with Crippen LogP contribution in [0.3, 0.4) is 0 Å². The summed E-state index contributed by atoms with van der Waals surface area (Å²) in [6, 6.07) is 3.72. The number of aliphatic carboxylic acids is 1. The van der Waals surface area contributed by atoms with Gasteiger partial charge in [0.15, 0.2) is 0 Å². The van der Waals surface area contributed by atoms with Crippen LogP contribution in [0.2, 0.25) is 0 Å². The first-order chi connectivity index (χ1) is 10.4. The SMILES string of the molecule is COc1c(C)cc(C(=O)N2CCC(CC(=O)O)CC2)cc1C. The van der Waals surface area contributed by atoms with Gasteiger partial charge in [-0.25, -0.2) is 0 Å². The Bertz CT molecular complexity index is 551. The largest absolute Gasteiger partial charge is 0.496 e. The van der Waals surface area contributed by atoms with E-state index in [1.807, 2.05) is 30.9 Å². The fourth-order valence-electron chi connectivity index (χ4n) is 3.17. The van der Waals surface area contributed by atoms with Gasteiger partial charge in [0.05, 0.1) is 7.11 Å². The van der Waals surface area contributed by atoms with Gasteiger partial charge in [0.2, 0.25) is 0 Å². The number of carbonyl (C=O) groups is 2. The van der Waals surface area contributed by atoms with Crippen LogP contribution >= 0.6 is 0 Å². The van der Waals surface area contributed by atoms with Crippen molar-refractivity contribution in [1.29, 1.82) is 0 Å². The molecular weight excluding hydrogens is 282 g/mol. The van der Waals surface area contributed by atoms with Crippen LogP contribution in [0.5, 0.6) is 5.75 Å². The predicted octanol–water partition coefficient (Wildman–Crippen LogP) is 2.64. The molecule has 2 rings (SSSR count). The molecule has 1 N–H and O–H groups in total. The zero-order valence-corrected chi connectivity index (χ0v) is 13.4. The van der Waals surface area contributed by atoms with Crippen molar-refractivity contribution in [3.05, 3.63) is 28.8 Å². The van der Waals surface area contributed by atoms with Crippen molar-refractivity contribution in [2.45, 2.75) is 33.1 Å². The van der Waals surface area contributed by atoms with Gasteiger partial charge in [0.25, 0.3) is 5.91 Å². The van der Waals surface area contributed by atoms with E-state index in [0.717, 1.165) is 29.7 Å². The quantitative estimate of drug-likeness (QED) is 0.928. The molecule has 0 bridgehead atoms. The number of carbonyl (C=O) groups excluding carboxylic acids is 1. The zero-order chi connectivity index (χ0) is 16.3. The fraction of sp³-hybridized carbons (Fsp3) is 0.529. The summed E-state index contributed by atoms with van der Waals surface area (Å²) >= 11 is 0. The monoisotopic (exact) mass is 305 g/mol. The van der Waals surface area contributed by atoms with E-state index in [1.165, 1.54) is 0 Å². The molecule has 1 aromatic rings. The topological polar surface area (TPSA) is 66.8 Å². The van der Waals surface area contributed by atoms with E-state index < -0.39 is 5.97 Å². The third-order valence-corrected chi connectivity index (χ3v) is 4.28. The molecule has 0 atom stereocenters. The minimum absolute atomic E-state index is 0.0163. The molecule has 5 nitrogen and oxygen atoms in total. The molecule has 1 aliphatic rings. The molecule has 22 heavy (non-hydrogen) atoms. The molecule has 1 aromatic carbocycles. The number of rotatable bonds is 4. The molecule has 0 aromatic heterocycles. The fourth-order valence-corrected chi connectivity index (χ4v) is 3.17. The number of methoxy groups -OCH3 is 1. The first-order valence-corrected chi connectivity index (χ1v) is 7.58. The highest BCUT2D eigenvalue weighted by atomic mass is 16.5. The van der Waals surface area contributed by atoms with Crippen LogP contribution in [0.1, 0.15) is 40.7 Å².